The number of carbonyl (C=O) groups is 1. The maximum Gasteiger partial charge on any atom is 0.387 e. The van der Waals surface area contributed by atoms with Crippen LogP contribution in [-0.4, -0.2) is 12.5 Å². The van der Waals surface area contributed by atoms with Crippen molar-refractivity contribution in [2.75, 3.05) is 5.32 Å². The van der Waals surface area contributed by atoms with Crippen molar-refractivity contribution in [2.45, 2.75) is 6.61 Å². The van der Waals surface area contributed by atoms with Crippen LogP contribution in [0.5, 0.6) is 5.75 Å². The lowest BCUT2D eigenvalue weighted by molar-refractivity contribution is -0.0498. The predicted octanol–water partition coefficient (Wildman–Crippen LogP) is 3.54. The third-order valence-electron chi connectivity index (χ3n) is 2.37. The molecule has 0 aliphatic carbocycles. The Morgan fingerprint density at radius 2 is 1.63 bits per heavy atom. The highest BCUT2D eigenvalue weighted by molar-refractivity contribution is 6.04. The molecule has 3 nitrogen and oxygen atoms in total. The minimum atomic E-state index is -2.87. The van der Waals surface area contributed by atoms with Gasteiger partial charge in [0.05, 0.1) is 0 Å². The van der Waals surface area contributed by atoms with E-state index in [4.69, 9.17) is 0 Å². The highest BCUT2D eigenvalue weighted by Gasteiger charge is 2.08. The molecule has 0 saturated carbocycles. The van der Waals surface area contributed by atoms with Gasteiger partial charge in [-0.1, -0.05) is 18.2 Å². The summed E-state index contributed by atoms with van der Waals surface area (Å²) in [5.41, 5.74) is 1.03. The number of anilines is 1. The van der Waals surface area contributed by atoms with E-state index in [2.05, 4.69) is 10.1 Å². The third-order valence-corrected chi connectivity index (χ3v) is 2.37. The van der Waals surface area contributed by atoms with Crippen molar-refractivity contribution in [3.8, 4) is 5.75 Å². The Bertz CT molecular complexity index is 541. The standard InChI is InChI=1S/C14H11F2NO2/c15-14(16)19-12-8-6-10(7-9-12)13(18)17-11-4-2-1-3-5-11/h1-9,14H,(H,17,18). The fraction of sp³-hybridized carbons (Fsp3) is 0.0714. The molecule has 0 heterocycles. The Labute approximate surface area is 108 Å². The summed E-state index contributed by atoms with van der Waals surface area (Å²) in [5.74, 6) is -0.291. The van der Waals surface area contributed by atoms with Gasteiger partial charge in [-0.05, 0) is 36.4 Å². The second-order valence-corrected chi connectivity index (χ2v) is 3.72. The van der Waals surface area contributed by atoms with Gasteiger partial charge in [-0.15, -0.1) is 0 Å². The summed E-state index contributed by atoms with van der Waals surface area (Å²) in [5, 5.41) is 2.69. The molecule has 1 N–H and O–H groups in total. The number of amides is 1. The summed E-state index contributed by atoms with van der Waals surface area (Å²) in [6.45, 7) is -2.87. The van der Waals surface area contributed by atoms with Crippen LogP contribution in [-0.2, 0) is 0 Å². The molecular weight excluding hydrogens is 252 g/mol. The lowest BCUT2D eigenvalue weighted by Crippen LogP contribution is -2.11. The molecule has 0 atom stereocenters. The Balaban J connectivity index is 2.04. The molecule has 0 radical (unpaired) electrons. The summed E-state index contributed by atoms with van der Waals surface area (Å²) in [6.07, 6.45) is 0. The number of hydrogen-bond acceptors (Lipinski definition) is 2. The molecular formula is C14H11F2NO2. The Hall–Kier alpha value is -2.43. The zero-order chi connectivity index (χ0) is 13.7. The van der Waals surface area contributed by atoms with Gasteiger partial charge < -0.3 is 10.1 Å². The minimum absolute atomic E-state index is 0.0197. The Morgan fingerprint density at radius 1 is 1.00 bits per heavy atom. The van der Waals surface area contributed by atoms with Gasteiger partial charge >= 0.3 is 6.61 Å². The molecule has 2 aromatic rings. The Kier molecular flexibility index (Phi) is 4.07. The zero-order valence-corrected chi connectivity index (χ0v) is 9.85. The third kappa shape index (κ3) is 3.77. The molecule has 1 amide bonds. The number of halogens is 2. The normalized spacial score (nSPS) is 10.3. The van der Waals surface area contributed by atoms with E-state index in [-0.39, 0.29) is 11.7 Å². The van der Waals surface area contributed by atoms with Crippen molar-refractivity contribution in [2.24, 2.45) is 0 Å². The van der Waals surface area contributed by atoms with Gasteiger partial charge in [-0.25, -0.2) is 0 Å². The summed E-state index contributed by atoms with van der Waals surface area (Å²) < 4.78 is 28.1. The molecule has 0 unspecified atom stereocenters. The van der Waals surface area contributed by atoms with Crippen LogP contribution in [0.2, 0.25) is 0 Å². The van der Waals surface area contributed by atoms with Crippen LogP contribution in [0, 0.1) is 0 Å². The van der Waals surface area contributed by atoms with Crippen LogP contribution >= 0.6 is 0 Å². The summed E-state index contributed by atoms with van der Waals surface area (Å²) in [7, 11) is 0. The molecule has 2 aromatic carbocycles. The number of para-hydroxylation sites is 1. The fourth-order valence-corrected chi connectivity index (χ4v) is 1.51. The molecule has 5 heteroatoms. The second kappa shape index (κ2) is 5.95. The monoisotopic (exact) mass is 263 g/mol. The van der Waals surface area contributed by atoms with Gasteiger partial charge in [-0.3, -0.25) is 4.79 Å². The molecule has 0 fully saturated rings. The first-order chi connectivity index (χ1) is 9.15. The van der Waals surface area contributed by atoms with Gasteiger partial charge in [0.1, 0.15) is 5.75 Å². The van der Waals surface area contributed by atoms with Crippen LogP contribution in [0.4, 0.5) is 14.5 Å². The molecule has 0 aliphatic heterocycles. The smallest absolute Gasteiger partial charge is 0.387 e. The molecule has 19 heavy (non-hydrogen) atoms. The van der Waals surface area contributed by atoms with E-state index in [9.17, 15) is 13.6 Å². The van der Waals surface area contributed by atoms with Crippen molar-refractivity contribution >= 4 is 11.6 Å². The van der Waals surface area contributed by atoms with Crippen molar-refractivity contribution in [3.05, 3.63) is 60.2 Å². The SMILES string of the molecule is O=C(Nc1ccccc1)c1ccc(OC(F)F)cc1. The van der Waals surface area contributed by atoms with Gasteiger partial charge in [0.15, 0.2) is 0 Å². The highest BCUT2D eigenvalue weighted by Crippen LogP contribution is 2.16. The van der Waals surface area contributed by atoms with Crippen LogP contribution in [0.3, 0.4) is 0 Å². The first-order valence-corrected chi connectivity index (χ1v) is 5.56. The summed E-state index contributed by atoms with van der Waals surface area (Å²) in [4.78, 5) is 11.8. The van der Waals surface area contributed by atoms with Crippen LogP contribution in [0.25, 0.3) is 0 Å². The molecule has 0 aliphatic rings. The fourth-order valence-electron chi connectivity index (χ4n) is 1.51. The number of hydrogen-bond donors (Lipinski definition) is 1. The number of ether oxygens (including phenoxy) is 1. The van der Waals surface area contributed by atoms with E-state index < -0.39 is 6.61 Å². The van der Waals surface area contributed by atoms with Crippen LogP contribution in [0.15, 0.2) is 54.6 Å². The van der Waals surface area contributed by atoms with E-state index in [1.54, 1.807) is 24.3 Å². The molecule has 0 bridgehead atoms. The maximum absolute atomic E-state index is 12.0. The van der Waals surface area contributed by atoms with Gasteiger partial charge in [0.25, 0.3) is 5.91 Å². The van der Waals surface area contributed by atoms with Gasteiger partial charge in [0.2, 0.25) is 0 Å². The van der Waals surface area contributed by atoms with Crippen molar-refractivity contribution in [1.82, 2.24) is 0 Å². The number of rotatable bonds is 4. The van der Waals surface area contributed by atoms with E-state index in [1.807, 2.05) is 6.07 Å². The maximum atomic E-state index is 12.0. The molecule has 0 spiro atoms. The van der Waals surface area contributed by atoms with E-state index in [0.29, 0.717) is 11.3 Å². The van der Waals surface area contributed by atoms with E-state index >= 15 is 0 Å². The quantitative estimate of drug-likeness (QED) is 0.916. The first kappa shape index (κ1) is 13.0. The van der Waals surface area contributed by atoms with Crippen molar-refractivity contribution < 1.29 is 18.3 Å². The number of alkyl halides is 2. The molecule has 0 saturated heterocycles. The van der Waals surface area contributed by atoms with Crippen molar-refractivity contribution in [3.63, 3.8) is 0 Å². The number of benzene rings is 2. The predicted molar refractivity (Wildman–Crippen MR) is 67.5 cm³/mol. The number of nitrogens with one attached hydrogen (secondary N) is 1. The number of carbonyl (C=O) groups excluding carboxylic acids is 1. The summed E-state index contributed by atoms with van der Waals surface area (Å²) >= 11 is 0. The minimum Gasteiger partial charge on any atom is -0.435 e. The lowest BCUT2D eigenvalue weighted by Gasteiger charge is -2.07. The van der Waals surface area contributed by atoms with E-state index in [0.717, 1.165) is 0 Å². The average Bonchev–Trinajstić information content (AvgIpc) is 2.40. The van der Waals surface area contributed by atoms with Crippen LogP contribution < -0.4 is 10.1 Å². The Morgan fingerprint density at radius 3 is 2.21 bits per heavy atom. The largest absolute Gasteiger partial charge is 0.435 e. The second-order valence-electron chi connectivity index (χ2n) is 3.72. The first-order valence-electron chi connectivity index (χ1n) is 5.56. The van der Waals surface area contributed by atoms with Gasteiger partial charge in [-0.2, -0.15) is 8.78 Å². The molecule has 98 valence electrons. The van der Waals surface area contributed by atoms with Crippen molar-refractivity contribution in [1.29, 1.82) is 0 Å². The molecule has 0 aromatic heterocycles. The van der Waals surface area contributed by atoms with Gasteiger partial charge in [0, 0.05) is 11.3 Å². The van der Waals surface area contributed by atoms with E-state index in [1.165, 1.54) is 24.3 Å². The highest BCUT2D eigenvalue weighted by atomic mass is 19.3. The topological polar surface area (TPSA) is 38.3 Å². The lowest BCUT2D eigenvalue weighted by atomic mass is 10.2. The average molecular weight is 263 g/mol. The van der Waals surface area contributed by atoms with Crippen LogP contribution in [0.1, 0.15) is 10.4 Å². The summed E-state index contributed by atoms with van der Waals surface area (Å²) in [6, 6.07) is 14.5. The zero-order valence-electron chi connectivity index (χ0n) is 9.85. The molecule has 2 rings (SSSR count).